The van der Waals surface area contributed by atoms with Crippen molar-refractivity contribution in [2.24, 2.45) is 0 Å². The molecule has 0 fully saturated rings. The summed E-state index contributed by atoms with van der Waals surface area (Å²) in [5, 5.41) is 5.50. The highest BCUT2D eigenvalue weighted by molar-refractivity contribution is 14.1. The van der Waals surface area contributed by atoms with Crippen molar-refractivity contribution in [3.05, 3.63) is 55.1 Å². The number of hydrogen-bond donors (Lipinski definition) is 2. The molecule has 30 heavy (non-hydrogen) atoms. The fourth-order valence-corrected chi connectivity index (χ4v) is 3.06. The topological polar surface area (TPSA) is 106 Å². The summed E-state index contributed by atoms with van der Waals surface area (Å²) in [5.41, 5.74) is 2.38. The van der Waals surface area contributed by atoms with Crippen molar-refractivity contribution in [1.29, 1.82) is 0 Å². The van der Waals surface area contributed by atoms with Gasteiger partial charge in [-0.05, 0) is 37.3 Å². The first kappa shape index (κ1) is 21.4. The number of oxazole rings is 1. The standard InChI is InChI=1S/C20H19IN4O5/c1-3-25(20(27)30-21)15-6-4-5-13(9-15)23-19(26)24-14-7-8-16(17(10-14)28-2)18-11-22-12-29-18/h4-12H,3H2,1-2H3,(H2,23,24,26). The summed E-state index contributed by atoms with van der Waals surface area (Å²) >= 11 is 1.54. The van der Waals surface area contributed by atoms with Gasteiger partial charge in [-0.2, -0.15) is 0 Å². The minimum atomic E-state index is -0.487. The Hall–Kier alpha value is -3.28. The lowest BCUT2D eigenvalue weighted by Crippen LogP contribution is -2.29. The van der Waals surface area contributed by atoms with E-state index in [4.69, 9.17) is 12.2 Å². The first-order valence-electron chi connectivity index (χ1n) is 8.90. The number of halogens is 1. The maximum atomic E-state index is 12.4. The zero-order valence-corrected chi connectivity index (χ0v) is 18.4. The van der Waals surface area contributed by atoms with E-state index in [1.165, 1.54) is 18.4 Å². The van der Waals surface area contributed by atoms with Gasteiger partial charge in [0.05, 0.1) is 18.9 Å². The number of nitrogens with zero attached hydrogens (tertiary/aromatic N) is 2. The van der Waals surface area contributed by atoms with Crippen molar-refractivity contribution < 1.29 is 21.8 Å². The molecule has 0 bridgehead atoms. The highest BCUT2D eigenvalue weighted by Crippen LogP contribution is 2.32. The van der Waals surface area contributed by atoms with Gasteiger partial charge in [0, 0.05) is 29.7 Å². The van der Waals surface area contributed by atoms with Gasteiger partial charge < -0.3 is 22.9 Å². The Kier molecular flexibility index (Phi) is 7.12. The molecule has 1 heterocycles. The lowest BCUT2D eigenvalue weighted by Gasteiger charge is -2.19. The lowest BCUT2D eigenvalue weighted by atomic mass is 10.1. The molecule has 0 aliphatic rings. The second-order valence-corrected chi connectivity index (χ2v) is 6.44. The normalized spacial score (nSPS) is 10.2. The van der Waals surface area contributed by atoms with Crippen LogP contribution in [0.2, 0.25) is 0 Å². The molecule has 0 atom stereocenters. The van der Waals surface area contributed by atoms with Gasteiger partial charge >= 0.3 is 12.1 Å². The van der Waals surface area contributed by atoms with Crippen LogP contribution in [0.5, 0.6) is 5.75 Å². The molecule has 0 saturated heterocycles. The summed E-state index contributed by atoms with van der Waals surface area (Å²) in [6.45, 7) is 2.25. The predicted octanol–water partition coefficient (Wildman–Crippen LogP) is 5.31. The van der Waals surface area contributed by atoms with Gasteiger partial charge in [-0.3, -0.25) is 4.90 Å². The fourth-order valence-electron chi connectivity index (χ4n) is 2.83. The van der Waals surface area contributed by atoms with Crippen LogP contribution < -0.4 is 20.3 Å². The van der Waals surface area contributed by atoms with Crippen LogP contribution in [0.1, 0.15) is 6.92 Å². The van der Waals surface area contributed by atoms with E-state index in [0.29, 0.717) is 35.1 Å². The molecule has 2 aromatic carbocycles. The molecule has 0 saturated carbocycles. The number of ether oxygens (including phenoxy) is 1. The summed E-state index contributed by atoms with van der Waals surface area (Å²) in [7, 11) is 1.53. The van der Waals surface area contributed by atoms with E-state index in [-0.39, 0.29) is 0 Å². The van der Waals surface area contributed by atoms with Gasteiger partial charge in [0.25, 0.3) is 0 Å². The summed E-state index contributed by atoms with van der Waals surface area (Å²) < 4.78 is 15.4. The van der Waals surface area contributed by atoms with Crippen LogP contribution >= 0.6 is 23.0 Å². The highest BCUT2D eigenvalue weighted by atomic mass is 127. The van der Waals surface area contributed by atoms with Crippen molar-refractivity contribution in [1.82, 2.24) is 4.98 Å². The van der Waals surface area contributed by atoms with Crippen molar-refractivity contribution in [3.63, 3.8) is 0 Å². The van der Waals surface area contributed by atoms with E-state index in [0.717, 1.165) is 5.56 Å². The van der Waals surface area contributed by atoms with Crippen molar-refractivity contribution in [2.75, 3.05) is 29.2 Å². The highest BCUT2D eigenvalue weighted by Gasteiger charge is 2.16. The molecular formula is C20H19IN4O5. The second kappa shape index (κ2) is 9.96. The number of amides is 3. The number of carbonyl (C=O) groups excluding carboxylic acids is 2. The number of rotatable bonds is 6. The van der Waals surface area contributed by atoms with E-state index in [2.05, 4.69) is 15.6 Å². The van der Waals surface area contributed by atoms with Gasteiger partial charge in [0.2, 0.25) is 0 Å². The van der Waals surface area contributed by atoms with Crippen LogP contribution in [0.4, 0.5) is 26.7 Å². The number of benzene rings is 2. The molecule has 0 radical (unpaired) electrons. The molecule has 3 rings (SSSR count). The Morgan fingerprint density at radius 2 is 1.93 bits per heavy atom. The minimum absolute atomic E-state index is 0.425. The Labute approximate surface area is 187 Å². The second-order valence-electron chi connectivity index (χ2n) is 6.00. The number of anilines is 3. The average molecular weight is 522 g/mol. The maximum absolute atomic E-state index is 12.4. The number of aromatic nitrogens is 1. The SMILES string of the molecule is CCN(C(=O)OI)c1cccc(NC(=O)Nc2ccc(-c3cnco3)c(OC)c2)c1. The maximum Gasteiger partial charge on any atom is 0.423 e. The van der Waals surface area contributed by atoms with Crippen LogP contribution in [0, 0.1) is 0 Å². The smallest absolute Gasteiger partial charge is 0.423 e. The molecule has 1 aromatic heterocycles. The van der Waals surface area contributed by atoms with Gasteiger partial charge in [-0.25, -0.2) is 14.6 Å². The van der Waals surface area contributed by atoms with Crippen LogP contribution in [-0.4, -0.2) is 30.8 Å². The summed E-state index contributed by atoms with van der Waals surface area (Å²) in [4.78, 5) is 29.6. The Balaban J connectivity index is 1.72. The number of urea groups is 1. The predicted molar refractivity (Wildman–Crippen MR) is 121 cm³/mol. The Morgan fingerprint density at radius 3 is 2.57 bits per heavy atom. The number of methoxy groups -OCH3 is 1. The van der Waals surface area contributed by atoms with E-state index in [9.17, 15) is 9.59 Å². The molecule has 0 unspecified atom stereocenters. The van der Waals surface area contributed by atoms with Crippen molar-refractivity contribution >= 4 is 52.2 Å². The van der Waals surface area contributed by atoms with E-state index in [1.54, 1.807) is 71.7 Å². The molecule has 3 aromatic rings. The van der Waals surface area contributed by atoms with E-state index in [1.807, 2.05) is 6.92 Å². The Bertz CT molecular complexity index is 1030. The quantitative estimate of drug-likeness (QED) is 0.426. The third-order valence-corrected chi connectivity index (χ3v) is 4.55. The summed E-state index contributed by atoms with van der Waals surface area (Å²) in [5.74, 6) is 1.09. The van der Waals surface area contributed by atoms with E-state index >= 15 is 0 Å². The van der Waals surface area contributed by atoms with Crippen LogP contribution in [-0.2, 0) is 3.07 Å². The van der Waals surface area contributed by atoms with Crippen LogP contribution in [0.15, 0.2) is 59.5 Å². The van der Waals surface area contributed by atoms with E-state index < -0.39 is 12.1 Å². The molecule has 10 heteroatoms. The summed E-state index contributed by atoms with van der Waals surface area (Å²) in [6.07, 6.45) is 2.43. The third kappa shape index (κ3) is 5.00. The minimum Gasteiger partial charge on any atom is -0.496 e. The molecule has 3 amide bonds. The number of nitrogens with one attached hydrogen (secondary N) is 2. The van der Waals surface area contributed by atoms with Gasteiger partial charge in [0.1, 0.15) is 5.75 Å². The molecule has 0 aliphatic heterocycles. The first-order chi connectivity index (χ1) is 14.5. The van der Waals surface area contributed by atoms with Crippen LogP contribution in [0.3, 0.4) is 0 Å². The molecular weight excluding hydrogens is 503 g/mol. The monoisotopic (exact) mass is 522 g/mol. The molecule has 9 nitrogen and oxygen atoms in total. The van der Waals surface area contributed by atoms with Crippen LogP contribution in [0.25, 0.3) is 11.3 Å². The summed E-state index contributed by atoms with van der Waals surface area (Å²) in [6, 6.07) is 11.6. The molecule has 0 spiro atoms. The molecule has 156 valence electrons. The van der Waals surface area contributed by atoms with Crippen molar-refractivity contribution in [3.8, 4) is 17.1 Å². The largest absolute Gasteiger partial charge is 0.496 e. The number of hydrogen-bond acceptors (Lipinski definition) is 6. The van der Waals surface area contributed by atoms with Crippen molar-refractivity contribution in [2.45, 2.75) is 6.92 Å². The Morgan fingerprint density at radius 1 is 1.17 bits per heavy atom. The first-order valence-corrected chi connectivity index (χ1v) is 9.78. The zero-order chi connectivity index (χ0) is 21.5. The van der Waals surface area contributed by atoms with Gasteiger partial charge in [-0.1, -0.05) is 6.07 Å². The molecule has 0 aliphatic carbocycles. The number of carbonyl (C=O) groups is 2. The molecule has 2 N–H and O–H groups in total. The van der Waals surface area contributed by atoms with Gasteiger partial charge in [-0.15, -0.1) is 0 Å². The van der Waals surface area contributed by atoms with Gasteiger partial charge in [0.15, 0.2) is 35.2 Å². The lowest BCUT2D eigenvalue weighted by molar-refractivity contribution is 0.222. The fraction of sp³-hybridized carbons (Fsp3) is 0.150. The zero-order valence-electron chi connectivity index (χ0n) is 16.2. The third-order valence-electron chi connectivity index (χ3n) is 4.18. The average Bonchev–Trinajstić information content (AvgIpc) is 3.29.